The first-order valence-corrected chi connectivity index (χ1v) is 5.33. The molecule has 2 rings (SSSR count). The van der Waals surface area contributed by atoms with E-state index in [1.807, 2.05) is 6.07 Å². The van der Waals surface area contributed by atoms with E-state index < -0.39 is 11.7 Å². The number of hydrogen-bond acceptors (Lipinski definition) is 7. The predicted octanol–water partition coefficient (Wildman–Crippen LogP) is 0.583. The van der Waals surface area contributed by atoms with Gasteiger partial charge in [-0.05, 0) is 18.2 Å². The highest BCUT2D eigenvalue weighted by Crippen LogP contribution is 2.29. The molecular formula is C12H9N5O3. The van der Waals surface area contributed by atoms with Gasteiger partial charge in [-0.2, -0.15) is 10.2 Å². The fraction of sp³-hybridized carbons (Fsp3) is 0. The Labute approximate surface area is 112 Å². The van der Waals surface area contributed by atoms with E-state index in [1.54, 1.807) is 0 Å². The Hall–Kier alpha value is -3.34. The molecule has 6 N–H and O–H groups in total. The monoisotopic (exact) mass is 271 g/mol. The molecule has 0 amide bonds. The zero-order chi connectivity index (χ0) is 14.9. The number of rotatable bonds is 2. The van der Waals surface area contributed by atoms with Crippen LogP contribution in [0.2, 0.25) is 0 Å². The number of aromatic nitrogens is 2. The van der Waals surface area contributed by atoms with Gasteiger partial charge in [0.15, 0.2) is 0 Å². The molecule has 100 valence electrons. The average molecular weight is 271 g/mol. The number of carboxylic acid groups (broad SMARTS) is 1. The largest absolute Gasteiger partial charge is 0.507 e. The SMILES string of the molecule is N#Cc1c(N)nc(N)nc1-c1ccc(O)c(C(=O)O)c1. The molecule has 0 fully saturated rings. The maximum Gasteiger partial charge on any atom is 0.339 e. The van der Waals surface area contributed by atoms with Crippen LogP contribution in [0.5, 0.6) is 5.75 Å². The summed E-state index contributed by atoms with van der Waals surface area (Å²) in [6.07, 6.45) is 0. The number of aromatic hydroxyl groups is 1. The second-order valence-electron chi connectivity index (χ2n) is 3.84. The Kier molecular flexibility index (Phi) is 3.10. The molecule has 0 unspecified atom stereocenters. The summed E-state index contributed by atoms with van der Waals surface area (Å²) in [4.78, 5) is 18.5. The molecule has 20 heavy (non-hydrogen) atoms. The Morgan fingerprint density at radius 1 is 1.30 bits per heavy atom. The standard InChI is InChI=1S/C12H9N5O3/c13-4-7-9(16-12(15)17-10(7)14)5-1-2-8(18)6(3-5)11(19)20/h1-3,18H,(H,19,20)(H4,14,15,16,17). The van der Waals surface area contributed by atoms with Crippen molar-refractivity contribution in [3.05, 3.63) is 29.3 Å². The van der Waals surface area contributed by atoms with Crippen LogP contribution in [0.1, 0.15) is 15.9 Å². The molecule has 1 aromatic carbocycles. The highest BCUT2D eigenvalue weighted by Gasteiger charge is 2.16. The lowest BCUT2D eigenvalue weighted by atomic mass is 10.0. The second kappa shape index (κ2) is 4.74. The summed E-state index contributed by atoms with van der Waals surface area (Å²) in [6, 6.07) is 5.61. The van der Waals surface area contributed by atoms with Gasteiger partial charge in [0.25, 0.3) is 0 Å². The van der Waals surface area contributed by atoms with E-state index in [9.17, 15) is 9.90 Å². The number of aromatic carboxylic acids is 1. The first kappa shape index (κ1) is 13.1. The van der Waals surface area contributed by atoms with E-state index in [4.69, 9.17) is 21.8 Å². The first-order chi connectivity index (χ1) is 9.43. The number of hydrogen-bond donors (Lipinski definition) is 4. The van der Waals surface area contributed by atoms with Crippen LogP contribution < -0.4 is 11.5 Å². The number of nitriles is 1. The lowest BCUT2D eigenvalue weighted by Gasteiger charge is -2.08. The van der Waals surface area contributed by atoms with Crippen molar-refractivity contribution in [1.29, 1.82) is 5.26 Å². The van der Waals surface area contributed by atoms with Crippen LogP contribution in [0.3, 0.4) is 0 Å². The fourth-order valence-corrected chi connectivity index (χ4v) is 1.67. The van der Waals surface area contributed by atoms with Gasteiger partial charge in [0.05, 0.1) is 5.69 Å². The molecule has 8 nitrogen and oxygen atoms in total. The molecule has 1 heterocycles. The quantitative estimate of drug-likeness (QED) is 0.617. The summed E-state index contributed by atoms with van der Waals surface area (Å²) >= 11 is 0. The van der Waals surface area contributed by atoms with Gasteiger partial charge in [-0.25, -0.2) is 9.78 Å². The molecule has 2 aromatic rings. The zero-order valence-corrected chi connectivity index (χ0v) is 10.0. The third kappa shape index (κ3) is 2.15. The minimum atomic E-state index is -1.31. The van der Waals surface area contributed by atoms with Crippen molar-refractivity contribution < 1.29 is 15.0 Å². The van der Waals surface area contributed by atoms with Gasteiger partial charge >= 0.3 is 5.97 Å². The van der Waals surface area contributed by atoms with E-state index in [2.05, 4.69) is 9.97 Å². The smallest absolute Gasteiger partial charge is 0.339 e. The van der Waals surface area contributed by atoms with Gasteiger partial charge in [-0.15, -0.1) is 0 Å². The van der Waals surface area contributed by atoms with Crippen molar-refractivity contribution in [3.8, 4) is 23.1 Å². The average Bonchev–Trinajstić information content (AvgIpc) is 2.38. The zero-order valence-electron chi connectivity index (χ0n) is 10.0. The lowest BCUT2D eigenvalue weighted by Crippen LogP contribution is -2.05. The van der Waals surface area contributed by atoms with Crippen molar-refractivity contribution in [2.24, 2.45) is 0 Å². The number of nitrogen functional groups attached to an aromatic ring is 2. The number of anilines is 2. The molecule has 1 aromatic heterocycles. The molecule has 0 aliphatic rings. The minimum Gasteiger partial charge on any atom is -0.507 e. The van der Waals surface area contributed by atoms with Gasteiger partial charge in [0, 0.05) is 5.56 Å². The minimum absolute atomic E-state index is 0.0128. The van der Waals surface area contributed by atoms with Crippen molar-refractivity contribution in [2.45, 2.75) is 0 Å². The van der Waals surface area contributed by atoms with Crippen LogP contribution >= 0.6 is 0 Å². The van der Waals surface area contributed by atoms with Crippen LogP contribution in [-0.4, -0.2) is 26.2 Å². The maximum absolute atomic E-state index is 11.0. The third-order valence-corrected chi connectivity index (χ3v) is 2.57. The van der Waals surface area contributed by atoms with Crippen LogP contribution in [0.25, 0.3) is 11.3 Å². The molecule has 0 bridgehead atoms. The second-order valence-corrected chi connectivity index (χ2v) is 3.84. The summed E-state index contributed by atoms with van der Waals surface area (Å²) in [5.74, 6) is -1.94. The number of nitrogens with two attached hydrogens (primary N) is 2. The van der Waals surface area contributed by atoms with Crippen molar-refractivity contribution >= 4 is 17.7 Å². The molecule has 0 spiro atoms. The van der Waals surface area contributed by atoms with E-state index >= 15 is 0 Å². The number of carbonyl (C=O) groups is 1. The Morgan fingerprint density at radius 3 is 2.60 bits per heavy atom. The van der Waals surface area contributed by atoms with Gasteiger partial charge in [-0.3, -0.25) is 0 Å². The molecular weight excluding hydrogens is 262 g/mol. The van der Waals surface area contributed by atoms with E-state index in [-0.39, 0.29) is 34.2 Å². The summed E-state index contributed by atoms with van der Waals surface area (Å²) < 4.78 is 0. The number of benzene rings is 1. The van der Waals surface area contributed by atoms with Crippen LogP contribution in [0, 0.1) is 11.3 Å². The summed E-state index contributed by atoms with van der Waals surface area (Å²) in [5.41, 5.74) is 11.1. The molecule has 0 radical (unpaired) electrons. The topological polar surface area (TPSA) is 159 Å². The van der Waals surface area contributed by atoms with Gasteiger partial charge in [0.1, 0.15) is 28.8 Å². The number of phenols is 1. The van der Waals surface area contributed by atoms with Crippen LogP contribution in [-0.2, 0) is 0 Å². The number of nitrogens with zero attached hydrogens (tertiary/aromatic N) is 3. The predicted molar refractivity (Wildman–Crippen MR) is 69.6 cm³/mol. The fourth-order valence-electron chi connectivity index (χ4n) is 1.67. The van der Waals surface area contributed by atoms with E-state index in [1.165, 1.54) is 18.2 Å². The van der Waals surface area contributed by atoms with Crippen molar-refractivity contribution in [1.82, 2.24) is 9.97 Å². The lowest BCUT2D eigenvalue weighted by molar-refractivity contribution is 0.0694. The molecule has 0 saturated heterocycles. The molecule has 0 saturated carbocycles. The van der Waals surface area contributed by atoms with Crippen molar-refractivity contribution in [3.63, 3.8) is 0 Å². The summed E-state index contributed by atoms with van der Waals surface area (Å²) in [5, 5.41) is 27.5. The Morgan fingerprint density at radius 2 is 2.00 bits per heavy atom. The molecule has 0 atom stereocenters. The van der Waals surface area contributed by atoms with Gasteiger partial charge < -0.3 is 21.7 Å². The normalized spacial score (nSPS) is 9.95. The summed E-state index contributed by atoms with van der Waals surface area (Å²) in [6.45, 7) is 0. The van der Waals surface area contributed by atoms with Gasteiger partial charge in [0.2, 0.25) is 5.95 Å². The van der Waals surface area contributed by atoms with E-state index in [0.717, 1.165) is 0 Å². The van der Waals surface area contributed by atoms with Crippen LogP contribution in [0.4, 0.5) is 11.8 Å². The van der Waals surface area contributed by atoms with Gasteiger partial charge in [-0.1, -0.05) is 0 Å². The number of carboxylic acids is 1. The third-order valence-electron chi connectivity index (χ3n) is 2.57. The highest BCUT2D eigenvalue weighted by atomic mass is 16.4. The Bertz CT molecular complexity index is 751. The maximum atomic E-state index is 11.0. The summed E-state index contributed by atoms with van der Waals surface area (Å²) in [7, 11) is 0. The molecule has 8 heteroatoms. The molecule has 0 aliphatic heterocycles. The van der Waals surface area contributed by atoms with Crippen molar-refractivity contribution in [2.75, 3.05) is 11.5 Å². The first-order valence-electron chi connectivity index (χ1n) is 5.33. The highest BCUT2D eigenvalue weighted by molar-refractivity contribution is 5.92. The van der Waals surface area contributed by atoms with Crippen LogP contribution in [0.15, 0.2) is 18.2 Å². The Balaban J connectivity index is 2.72. The van der Waals surface area contributed by atoms with E-state index in [0.29, 0.717) is 0 Å². The molecule has 0 aliphatic carbocycles.